The van der Waals surface area contributed by atoms with Gasteiger partial charge in [0, 0.05) is 50.6 Å². The highest BCUT2D eigenvalue weighted by Gasteiger charge is 2.38. The number of fused-ring (bicyclic) bond motifs is 1. The van der Waals surface area contributed by atoms with Gasteiger partial charge in [0.25, 0.3) is 5.91 Å². The lowest BCUT2D eigenvalue weighted by Gasteiger charge is -2.37. The van der Waals surface area contributed by atoms with E-state index in [1.807, 2.05) is 58.3 Å². The van der Waals surface area contributed by atoms with E-state index in [0.717, 1.165) is 22.4 Å². The third kappa shape index (κ3) is 5.31. The number of piperidine rings is 1. The van der Waals surface area contributed by atoms with Crippen LogP contribution in [0.3, 0.4) is 0 Å². The summed E-state index contributed by atoms with van der Waals surface area (Å²) in [6.45, 7) is 3.28. The van der Waals surface area contributed by atoms with Crippen molar-refractivity contribution in [1.82, 2.24) is 25.2 Å². The molecule has 1 aliphatic rings. The molecule has 4 aromatic rings. The van der Waals surface area contributed by atoms with Gasteiger partial charge in [-0.3, -0.25) is 9.59 Å². The monoisotopic (exact) mass is 537 g/mol. The molecule has 0 unspecified atom stereocenters. The molecule has 0 radical (unpaired) electrons. The second kappa shape index (κ2) is 11.5. The van der Waals surface area contributed by atoms with Crippen LogP contribution in [-0.2, 0) is 10.2 Å². The van der Waals surface area contributed by atoms with Crippen molar-refractivity contribution in [2.45, 2.75) is 25.2 Å². The van der Waals surface area contributed by atoms with Crippen LogP contribution in [0.4, 0.5) is 11.5 Å². The number of H-pyrrole nitrogens is 1. The highest BCUT2D eigenvalue weighted by atomic mass is 16.5. The number of likely N-dealkylation sites (tertiary alicyclic amines) is 1. The standard InChI is InChI=1S/C30H31N7O3/c1-21(38)32-14-17-37(28-26-10-13-33-27(26)34-20-35-28)24-5-3-4-22(18-24)29(39)36-15-11-30(19-31,12-16-36)23-6-8-25(40-2)9-7-23/h3-10,13,18,20H,11-12,14-17H2,1-2H3,(H,32,38)(H,33,34,35). The number of methoxy groups -OCH3 is 1. The van der Waals surface area contributed by atoms with Crippen molar-refractivity contribution in [2.24, 2.45) is 0 Å². The number of carbonyl (C=O) groups excluding carboxylic acids is 2. The summed E-state index contributed by atoms with van der Waals surface area (Å²) in [6, 6.07) is 19.5. The molecule has 3 heterocycles. The van der Waals surface area contributed by atoms with Gasteiger partial charge in [0.05, 0.1) is 24.0 Å². The van der Waals surface area contributed by atoms with Gasteiger partial charge in [0.1, 0.15) is 23.5 Å². The van der Waals surface area contributed by atoms with Crippen LogP contribution in [-0.4, -0.2) is 65.0 Å². The van der Waals surface area contributed by atoms with Crippen LogP contribution in [0.5, 0.6) is 5.75 Å². The molecule has 40 heavy (non-hydrogen) atoms. The van der Waals surface area contributed by atoms with Crippen molar-refractivity contribution in [2.75, 3.05) is 38.2 Å². The molecule has 10 nitrogen and oxygen atoms in total. The van der Waals surface area contributed by atoms with Crippen LogP contribution in [0, 0.1) is 11.3 Å². The minimum absolute atomic E-state index is 0.0839. The fraction of sp³-hybridized carbons (Fsp3) is 0.300. The summed E-state index contributed by atoms with van der Waals surface area (Å²) >= 11 is 0. The van der Waals surface area contributed by atoms with Crippen molar-refractivity contribution >= 4 is 34.4 Å². The molecule has 2 aromatic carbocycles. The molecular formula is C30H31N7O3. The molecule has 2 aromatic heterocycles. The number of aromatic nitrogens is 3. The summed E-state index contributed by atoms with van der Waals surface area (Å²) in [7, 11) is 1.62. The number of anilines is 2. The molecule has 1 aliphatic heterocycles. The smallest absolute Gasteiger partial charge is 0.253 e. The number of nitrogens with zero attached hydrogens (tertiary/aromatic N) is 5. The zero-order valence-corrected chi connectivity index (χ0v) is 22.6. The lowest BCUT2D eigenvalue weighted by Crippen LogP contribution is -2.44. The molecule has 0 saturated carbocycles. The van der Waals surface area contributed by atoms with Crippen LogP contribution >= 0.6 is 0 Å². The second-order valence-corrected chi connectivity index (χ2v) is 9.84. The topological polar surface area (TPSA) is 127 Å². The molecule has 5 rings (SSSR count). The fourth-order valence-electron chi connectivity index (χ4n) is 5.23. The maximum absolute atomic E-state index is 13.6. The Kier molecular flexibility index (Phi) is 7.64. The average molecular weight is 538 g/mol. The summed E-state index contributed by atoms with van der Waals surface area (Å²) in [6.07, 6.45) is 4.40. The predicted molar refractivity (Wildman–Crippen MR) is 151 cm³/mol. The lowest BCUT2D eigenvalue weighted by molar-refractivity contribution is -0.118. The van der Waals surface area contributed by atoms with Gasteiger partial charge in [0.15, 0.2) is 0 Å². The Balaban J connectivity index is 1.37. The number of hydrogen-bond donors (Lipinski definition) is 2. The van der Waals surface area contributed by atoms with Crippen molar-refractivity contribution in [3.63, 3.8) is 0 Å². The highest BCUT2D eigenvalue weighted by molar-refractivity contribution is 5.96. The first kappa shape index (κ1) is 26.7. The Morgan fingerprint density at radius 3 is 2.62 bits per heavy atom. The van der Waals surface area contributed by atoms with Gasteiger partial charge >= 0.3 is 0 Å². The molecule has 204 valence electrons. The van der Waals surface area contributed by atoms with Crippen LogP contribution in [0.1, 0.15) is 35.7 Å². The van der Waals surface area contributed by atoms with Gasteiger partial charge in [-0.1, -0.05) is 18.2 Å². The number of nitriles is 1. The SMILES string of the molecule is COc1ccc(C2(C#N)CCN(C(=O)c3cccc(N(CCNC(C)=O)c4ncnc5[nH]ccc45)c3)CC2)cc1. The number of carbonyl (C=O) groups is 2. The highest BCUT2D eigenvalue weighted by Crippen LogP contribution is 2.36. The number of ether oxygens (including phenoxy) is 1. The van der Waals surface area contributed by atoms with E-state index < -0.39 is 5.41 Å². The second-order valence-electron chi connectivity index (χ2n) is 9.84. The van der Waals surface area contributed by atoms with Crippen LogP contribution in [0.25, 0.3) is 11.0 Å². The Hall–Kier alpha value is -4.91. The Labute approximate surface area is 232 Å². The molecule has 1 saturated heterocycles. The first-order chi connectivity index (χ1) is 19.4. The van der Waals surface area contributed by atoms with E-state index in [4.69, 9.17) is 4.74 Å². The molecule has 1 fully saturated rings. The van der Waals surface area contributed by atoms with Gasteiger partial charge in [-0.2, -0.15) is 5.26 Å². The molecule has 10 heteroatoms. The van der Waals surface area contributed by atoms with Crippen LogP contribution < -0.4 is 15.0 Å². The first-order valence-electron chi connectivity index (χ1n) is 13.2. The van der Waals surface area contributed by atoms with Gasteiger partial charge < -0.3 is 24.8 Å². The summed E-state index contributed by atoms with van der Waals surface area (Å²) in [5.74, 6) is 1.22. The molecule has 2 amide bonds. The van der Waals surface area contributed by atoms with Crippen LogP contribution in [0.2, 0.25) is 0 Å². The zero-order chi connectivity index (χ0) is 28.1. The van der Waals surface area contributed by atoms with Crippen LogP contribution in [0.15, 0.2) is 67.1 Å². The zero-order valence-electron chi connectivity index (χ0n) is 22.6. The number of hydrogen-bond acceptors (Lipinski definition) is 7. The van der Waals surface area contributed by atoms with E-state index in [-0.39, 0.29) is 11.8 Å². The number of aromatic amines is 1. The van der Waals surface area contributed by atoms with E-state index in [0.29, 0.717) is 56.0 Å². The minimum Gasteiger partial charge on any atom is -0.497 e. The Morgan fingerprint density at radius 1 is 1.15 bits per heavy atom. The fourth-order valence-corrected chi connectivity index (χ4v) is 5.23. The summed E-state index contributed by atoms with van der Waals surface area (Å²) in [5.41, 5.74) is 2.34. The lowest BCUT2D eigenvalue weighted by atomic mass is 9.74. The largest absolute Gasteiger partial charge is 0.497 e. The maximum atomic E-state index is 13.6. The summed E-state index contributed by atoms with van der Waals surface area (Å²) in [4.78, 5) is 40.9. The molecule has 0 atom stereocenters. The van der Waals surface area contributed by atoms with E-state index in [2.05, 4.69) is 26.3 Å². The molecular weight excluding hydrogens is 506 g/mol. The molecule has 0 aliphatic carbocycles. The number of benzene rings is 2. The molecule has 2 N–H and O–H groups in total. The van der Waals surface area contributed by atoms with Crippen molar-refractivity contribution < 1.29 is 14.3 Å². The van der Waals surface area contributed by atoms with E-state index in [1.54, 1.807) is 19.4 Å². The summed E-state index contributed by atoms with van der Waals surface area (Å²) in [5, 5.41) is 13.8. The minimum atomic E-state index is -0.639. The number of amides is 2. The number of nitrogens with one attached hydrogen (secondary N) is 2. The normalized spacial score (nSPS) is 14.4. The van der Waals surface area contributed by atoms with Gasteiger partial charge in [-0.15, -0.1) is 0 Å². The average Bonchev–Trinajstić information content (AvgIpc) is 3.49. The third-order valence-corrected chi connectivity index (χ3v) is 7.46. The Bertz CT molecular complexity index is 1550. The van der Waals surface area contributed by atoms with Gasteiger partial charge in [-0.25, -0.2) is 9.97 Å². The molecule has 0 spiro atoms. The summed E-state index contributed by atoms with van der Waals surface area (Å²) < 4.78 is 5.26. The van der Waals surface area contributed by atoms with Crippen molar-refractivity contribution in [3.8, 4) is 11.8 Å². The van der Waals surface area contributed by atoms with E-state index >= 15 is 0 Å². The number of rotatable bonds is 8. The Morgan fingerprint density at radius 2 is 1.93 bits per heavy atom. The maximum Gasteiger partial charge on any atom is 0.253 e. The van der Waals surface area contributed by atoms with Crippen molar-refractivity contribution in [3.05, 3.63) is 78.2 Å². The van der Waals surface area contributed by atoms with Gasteiger partial charge in [0.2, 0.25) is 5.91 Å². The van der Waals surface area contributed by atoms with E-state index in [1.165, 1.54) is 13.3 Å². The van der Waals surface area contributed by atoms with Crippen molar-refractivity contribution in [1.29, 1.82) is 5.26 Å². The first-order valence-corrected chi connectivity index (χ1v) is 13.2. The van der Waals surface area contributed by atoms with E-state index in [9.17, 15) is 14.9 Å². The molecule has 0 bridgehead atoms. The quantitative estimate of drug-likeness (QED) is 0.349. The predicted octanol–water partition coefficient (Wildman–Crippen LogP) is 3.94. The van der Waals surface area contributed by atoms with Gasteiger partial charge in [-0.05, 0) is 54.8 Å². The third-order valence-electron chi connectivity index (χ3n) is 7.46.